The lowest BCUT2D eigenvalue weighted by Crippen LogP contribution is -2.04. The van der Waals surface area contributed by atoms with Crippen LogP contribution in [0.1, 0.15) is 6.92 Å². The number of rotatable bonds is 2. The molecule has 1 aromatic carbocycles. The first-order valence-electron chi connectivity index (χ1n) is 4.73. The van der Waals surface area contributed by atoms with Crippen molar-refractivity contribution in [1.82, 2.24) is 10.2 Å². The van der Waals surface area contributed by atoms with Crippen LogP contribution in [0.2, 0.25) is 0 Å². The lowest BCUT2D eigenvalue weighted by Gasteiger charge is -1.99. The van der Waals surface area contributed by atoms with E-state index in [0.29, 0.717) is 15.8 Å². The van der Waals surface area contributed by atoms with Crippen molar-refractivity contribution in [3.8, 4) is 10.6 Å². The Bertz CT molecular complexity index is 569. The highest BCUT2D eigenvalue weighted by atomic mass is 32.1. The van der Waals surface area contributed by atoms with Crippen molar-refractivity contribution >= 4 is 28.1 Å². The van der Waals surface area contributed by atoms with Gasteiger partial charge in [-0.3, -0.25) is 4.79 Å². The van der Waals surface area contributed by atoms with Gasteiger partial charge < -0.3 is 11.1 Å². The number of hydrogen-bond donors (Lipinski definition) is 2. The fraction of sp³-hybridized carbons (Fsp3) is 0.100. The zero-order chi connectivity index (χ0) is 12.4. The maximum absolute atomic E-state index is 13.5. The Morgan fingerprint density at radius 3 is 2.94 bits per heavy atom. The van der Waals surface area contributed by atoms with Crippen molar-refractivity contribution in [3.05, 3.63) is 24.0 Å². The van der Waals surface area contributed by atoms with Gasteiger partial charge in [-0.15, -0.1) is 10.2 Å². The molecule has 3 N–H and O–H groups in total. The van der Waals surface area contributed by atoms with Crippen LogP contribution in [0.25, 0.3) is 10.6 Å². The number of aromatic nitrogens is 2. The summed E-state index contributed by atoms with van der Waals surface area (Å²) in [6.45, 7) is 1.36. The zero-order valence-corrected chi connectivity index (χ0v) is 9.71. The molecule has 0 unspecified atom stereocenters. The minimum atomic E-state index is -0.426. The summed E-state index contributed by atoms with van der Waals surface area (Å²) >= 11 is 1.09. The van der Waals surface area contributed by atoms with Crippen molar-refractivity contribution in [1.29, 1.82) is 0 Å². The third-order valence-corrected chi connectivity index (χ3v) is 2.80. The molecule has 0 radical (unpaired) electrons. The predicted molar refractivity (Wildman–Crippen MR) is 64.0 cm³/mol. The highest BCUT2D eigenvalue weighted by Crippen LogP contribution is 2.29. The van der Waals surface area contributed by atoms with Gasteiger partial charge in [0.15, 0.2) is 5.01 Å². The largest absolute Gasteiger partial charge is 0.399 e. The average molecular weight is 252 g/mol. The first-order chi connectivity index (χ1) is 8.06. The van der Waals surface area contributed by atoms with Gasteiger partial charge in [0, 0.05) is 12.6 Å². The molecule has 0 aliphatic carbocycles. The molecule has 1 heterocycles. The lowest BCUT2D eigenvalue weighted by atomic mass is 10.2. The standard InChI is InChI=1S/C10H9FN4OS/c1-5(16)13-10-15-14-9(17-10)7-4-6(12)2-3-8(7)11/h2-4H,12H2,1H3,(H,13,15,16). The van der Waals surface area contributed by atoms with Crippen molar-refractivity contribution < 1.29 is 9.18 Å². The maximum Gasteiger partial charge on any atom is 0.223 e. The highest BCUT2D eigenvalue weighted by molar-refractivity contribution is 7.18. The molecule has 88 valence electrons. The molecule has 0 saturated heterocycles. The number of anilines is 2. The average Bonchev–Trinajstić information content (AvgIpc) is 2.69. The van der Waals surface area contributed by atoms with Crippen LogP contribution in [0.15, 0.2) is 18.2 Å². The third kappa shape index (κ3) is 2.56. The van der Waals surface area contributed by atoms with Gasteiger partial charge in [0.05, 0.1) is 5.56 Å². The molecule has 0 saturated carbocycles. The second kappa shape index (κ2) is 4.46. The van der Waals surface area contributed by atoms with E-state index in [1.54, 1.807) is 0 Å². The number of benzene rings is 1. The molecular formula is C10H9FN4OS. The van der Waals surface area contributed by atoms with E-state index in [9.17, 15) is 9.18 Å². The minimum Gasteiger partial charge on any atom is -0.399 e. The first-order valence-corrected chi connectivity index (χ1v) is 5.54. The van der Waals surface area contributed by atoms with Gasteiger partial charge in [-0.25, -0.2) is 4.39 Å². The fourth-order valence-electron chi connectivity index (χ4n) is 1.24. The summed E-state index contributed by atoms with van der Waals surface area (Å²) in [5, 5.41) is 10.7. The van der Waals surface area contributed by atoms with Gasteiger partial charge in [0.1, 0.15) is 5.82 Å². The van der Waals surface area contributed by atoms with Crippen LogP contribution in [0, 0.1) is 5.82 Å². The van der Waals surface area contributed by atoms with Gasteiger partial charge in [0.25, 0.3) is 0 Å². The van der Waals surface area contributed by atoms with Crippen LogP contribution in [0.3, 0.4) is 0 Å². The molecule has 7 heteroatoms. The zero-order valence-electron chi connectivity index (χ0n) is 8.90. The van der Waals surface area contributed by atoms with Gasteiger partial charge in [-0.2, -0.15) is 0 Å². The summed E-state index contributed by atoms with van der Waals surface area (Å²) in [5.41, 5.74) is 6.29. The number of carbonyl (C=O) groups is 1. The number of nitrogens with two attached hydrogens (primary N) is 1. The number of carbonyl (C=O) groups excluding carboxylic acids is 1. The predicted octanol–water partition coefficient (Wildman–Crippen LogP) is 1.88. The van der Waals surface area contributed by atoms with Crippen LogP contribution in [0.4, 0.5) is 15.2 Å². The van der Waals surface area contributed by atoms with Gasteiger partial charge in [-0.1, -0.05) is 11.3 Å². The summed E-state index contributed by atoms with van der Waals surface area (Å²) in [6, 6.07) is 4.21. The quantitative estimate of drug-likeness (QED) is 0.800. The van der Waals surface area contributed by atoms with Crippen LogP contribution in [-0.4, -0.2) is 16.1 Å². The molecule has 1 aromatic heterocycles. The molecule has 5 nitrogen and oxygen atoms in total. The van der Waals surface area contributed by atoms with Gasteiger partial charge >= 0.3 is 0 Å². The summed E-state index contributed by atoms with van der Waals surface area (Å²) in [7, 11) is 0. The molecular weight excluding hydrogens is 243 g/mol. The Morgan fingerprint density at radius 2 is 2.24 bits per heavy atom. The molecule has 2 rings (SSSR count). The van der Waals surface area contributed by atoms with E-state index in [4.69, 9.17) is 5.73 Å². The van der Waals surface area contributed by atoms with Crippen LogP contribution < -0.4 is 11.1 Å². The van der Waals surface area contributed by atoms with E-state index in [0.717, 1.165) is 11.3 Å². The Kier molecular flexibility index (Phi) is 3.01. The summed E-state index contributed by atoms with van der Waals surface area (Å²) < 4.78 is 13.5. The van der Waals surface area contributed by atoms with E-state index < -0.39 is 5.82 Å². The van der Waals surface area contributed by atoms with E-state index in [1.807, 2.05) is 0 Å². The molecule has 17 heavy (non-hydrogen) atoms. The Hall–Kier alpha value is -2.02. The number of nitrogens with zero attached hydrogens (tertiary/aromatic N) is 2. The van der Waals surface area contributed by atoms with E-state index in [-0.39, 0.29) is 11.5 Å². The summed E-state index contributed by atoms with van der Waals surface area (Å²) in [5.74, 6) is -0.675. The Balaban J connectivity index is 2.36. The topological polar surface area (TPSA) is 80.9 Å². The SMILES string of the molecule is CC(=O)Nc1nnc(-c2cc(N)ccc2F)s1. The number of amides is 1. The van der Waals surface area contributed by atoms with E-state index in [2.05, 4.69) is 15.5 Å². The molecule has 0 spiro atoms. The van der Waals surface area contributed by atoms with Crippen LogP contribution >= 0.6 is 11.3 Å². The Morgan fingerprint density at radius 1 is 1.47 bits per heavy atom. The number of halogens is 1. The minimum absolute atomic E-state index is 0.249. The van der Waals surface area contributed by atoms with Gasteiger partial charge in [0.2, 0.25) is 11.0 Å². The first kappa shape index (κ1) is 11.5. The van der Waals surface area contributed by atoms with Crippen LogP contribution in [-0.2, 0) is 4.79 Å². The lowest BCUT2D eigenvalue weighted by molar-refractivity contribution is -0.114. The van der Waals surface area contributed by atoms with Gasteiger partial charge in [-0.05, 0) is 18.2 Å². The van der Waals surface area contributed by atoms with Crippen molar-refractivity contribution in [3.63, 3.8) is 0 Å². The van der Waals surface area contributed by atoms with Crippen molar-refractivity contribution in [2.75, 3.05) is 11.1 Å². The molecule has 1 amide bonds. The second-order valence-electron chi connectivity index (χ2n) is 3.33. The summed E-state index contributed by atoms with van der Waals surface area (Å²) in [6.07, 6.45) is 0. The second-order valence-corrected chi connectivity index (χ2v) is 4.31. The highest BCUT2D eigenvalue weighted by Gasteiger charge is 2.12. The van der Waals surface area contributed by atoms with Crippen molar-refractivity contribution in [2.24, 2.45) is 0 Å². The molecule has 0 fully saturated rings. The number of hydrogen-bond acceptors (Lipinski definition) is 5. The molecule has 0 aliphatic rings. The fourth-order valence-corrected chi connectivity index (χ4v) is 2.05. The normalized spacial score (nSPS) is 10.2. The molecule has 0 aliphatic heterocycles. The number of nitrogen functional groups attached to an aromatic ring is 1. The Labute approximate surface area is 100 Å². The molecule has 0 bridgehead atoms. The monoisotopic (exact) mass is 252 g/mol. The van der Waals surface area contributed by atoms with Crippen LogP contribution in [0.5, 0.6) is 0 Å². The number of nitrogens with one attached hydrogen (secondary N) is 1. The van der Waals surface area contributed by atoms with E-state index in [1.165, 1.54) is 25.1 Å². The third-order valence-electron chi connectivity index (χ3n) is 1.93. The van der Waals surface area contributed by atoms with Crippen molar-refractivity contribution in [2.45, 2.75) is 6.92 Å². The van der Waals surface area contributed by atoms with E-state index >= 15 is 0 Å². The maximum atomic E-state index is 13.5. The smallest absolute Gasteiger partial charge is 0.223 e. The molecule has 2 aromatic rings. The molecule has 0 atom stereocenters. The summed E-state index contributed by atoms with van der Waals surface area (Å²) in [4.78, 5) is 10.8.